The van der Waals surface area contributed by atoms with E-state index in [9.17, 15) is 23.2 Å². The minimum atomic E-state index is -1.11. The van der Waals surface area contributed by atoms with Crippen molar-refractivity contribution in [1.29, 1.82) is 0 Å². The first-order chi connectivity index (χ1) is 16.1. The first-order valence-corrected chi connectivity index (χ1v) is 11.3. The van der Waals surface area contributed by atoms with Crippen molar-refractivity contribution in [3.05, 3.63) is 65.2 Å². The number of para-hydroxylation sites is 1. The van der Waals surface area contributed by atoms with E-state index in [0.717, 1.165) is 17.7 Å². The number of carbonyl (C=O) groups excluding carboxylic acids is 3. The molecule has 3 atom stereocenters. The molecule has 0 saturated carbocycles. The van der Waals surface area contributed by atoms with E-state index in [4.69, 9.17) is 0 Å². The van der Waals surface area contributed by atoms with Crippen molar-refractivity contribution in [3.63, 3.8) is 0 Å². The highest BCUT2D eigenvalue weighted by molar-refractivity contribution is 6.00. The molecule has 1 aliphatic rings. The van der Waals surface area contributed by atoms with E-state index in [2.05, 4.69) is 16.0 Å². The van der Waals surface area contributed by atoms with Crippen molar-refractivity contribution in [1.82, 2.24) is 15.5 Å². The molecular weight excluding hydrogens is 442 g/mol. The summed E-state index contributed by atoms with van der Waals surface area (Å²) in [7, 11) is 1.64. The number of carbonyl (C=O) groups is 3. The van der Waals surface area contributed by atoms with Crippen LogP contribution in [0.5, 0.6) is 0 Å². The Kier molecular flexibility index (Phi) is 7.98. The smallest absolute Gasteiger partial charge is 0.251 e. The van der Waals surface area contributed by atoms with Crippen LogP contribution in [0.1, 0.15) is 37.9 Å². The predicted molar refractivity (Wildman–Crippen MR) is 125 cm³/mol. The van der Waals surface area contributed by atoms with E-state index in [1.165, 1.54) is 11.0 Å². The standard InChI is InChI=1S/C25H30F2N4O3/c1-14(2)20(29-23(32)15(3)28-4)25(34)31-13-12-16-8-5-6-9-17(16)22(31)24(33)30-21-18(26)10-7-11-19(21)27/h5-11,14-15,20,22,28H,12-13H2,1-4H3,(H,29,32)(H,30,33)/t15-,20-,22?/m0/s1. The second-order valence-corrected chi connectivity index (χ2v) is 8.71. The minimum Gasteiger partial charge on any atom is -0.343 e. The largest absolute Gasteiger partial charge is 0.343 e. The Morgan fingerprint density at radius 1 is 1.00 bits per heavy atom. The summed E-state index contributed by atoms with van der Waals surface area (Å²) in [6.45, 7) is 5.49. The van der Waals surface area contributed by atoms with Gasteiger partial charge in [-0.05, 0) is 49.6 Å². The summed E-state index contributed by atoms with van der Waals surface area (Å²) in [4.78, 5) is 40.9. The highest BCUT2D eigenvalue weighted by Gasteiger charge is 2.40. The molecule has 3 rings (SSSR count). The van der Waals surface area contributed by atoms with Crippen molar-refractivity contribution >= 4 is 23.4 Å². The number of hydrogen-bond donors (Lipinski definition) is 3. The third-order valence-corrected chi connectivity index (χ3v) is 6.08. The van der Waals surface area contributed by atoms with Crippen LogP contribution in [0.15, 0.2) is 42.5 Å². The van der Waals surface area contributed by atoms with Crippen LogP contribution in [0.4, 0.5) is 14.5 Å². The van der Waals surface area contributed by atoms with Crippen LogP contribution in [0, 0.1) is 17.6 Å². The summed E-state index contributed by atoms with van der Waals surface area (Å²) in [5.41, 5.74) is 0.878. The van der Waals surface area contributed by atoms with Gasteiger partial charge in [0, 0.05) is 6.54 Å². The molecule has 2 aromatic rings. The number of fused-ring (bicyclic) bond motifs is 1. The van der Waals surface area contributed by atoms with E-state index in [-0.39, 0.29) is 18.4 Å². The molecule has 9 heteroatoms. The molecule has 0 radical (unpaired) electrons. The second kappa shape index (κ2) is 10.7. The molecule has 0 saturated heterocycles. The van der Waals surface area contributed by atoms with E-state index in [1.807, 2.05) is 12.1 Å². The third-order valence-electron chi connectivity index (χ3n) is 6.08. The zero-order valence-corrected chi connectivity index (χ0v) is 19.7. The SMILES string of the molecule is CN[C@@H](C)C(=O)N[C@H](C(=O)N1CCc2ccccc2C1C(=O)Nc1c(F)cccc1F)C(C)C. The lowest BCUT2D eigenvalue weighted by molar-refractivity contribution is -0.144. The maximum Gasteiger partial charge on any atom is 0.251 e. The molecule has 0 aliphatic carbocycles. The van der Waals surface area contributed by atoms with Crippen molar-refractivity contribution in [2.24, 2.45) is 5.92 Å². The van der Waals surface area contributed by atoms with Gasteiger partial charge in [-0.15, -0.1) is 0 Å². The summed E-state index contributed by atoms with van der Waals surface area (Å²) >= 11 is 0. The van der Waals surface area contributed by atoms with Gasteiger partial charge in [0.2, 0.25) is 11.8 Å². The van der Waals surface area contributed by atoms with Gasteiger partial charge >= 0.3 is 0 Å². The number of amides is 3. The molecule has 1 aliphatic heterocycles. The number of anilines is 1. The number of likely N-dealkylation sites (N-methyl/N-ethyl adjacent to an activating group) is 1. The van der Waals surface area contributed by atoms with E-state index >= 15 is 0 Å². The number of hydrogen-bond acceptors (Lipinski definition) is 4. The van der Waals surface area contributed by atoms with Gasteiger partial charge in [-0.2, -0.15) is 0 Å². The zero-order chi connectivity index (χ0) is 25.0. The van der Waals surface area contributed by atoms with Crippen molar-refractivity contribution in [2.45, 2.75) is 45.3 Å². The molecule has 0 bridgehead atoms. The molecule has 2 aromatic carbocycles. The molecular formula is C25H30F2N4O3. The van der Waals surface area contributed by atoms with Gasteiger partial charge in [-0.25, -0.2) is 8.78 Å². The lowest BCUT2D eigenvalue weighted by Gasteiger charge is -2.39. The summed E-state index contributed by atoms with van der Waals surface area (Å²) in [6.07, 6.45) is 0.505. The molecule has 0 fully saturated rings. The van der Waals surface area contributed by atoms with E-state index in [0.29, 0.717) is 12.0 Å². The van der Waals surface area contributed by atoms with Crippen LogP contribution in [-0.4, -0.2) is 48.3 Å². The summed E-state index contributed by atoms with van der Waals surface area (Å²) in [6, 6.07) is 7.94. The monoisotopic (exact) mass is 472 g/mol. The van der Waals surface area contributed by atoms with Crippen LogP contribution in [0.25, 0.3) is 0 Å². The van der Waals surface area contributed by atoms with E-state index in [1.54, 1.807) is 40.0 Å². The van der Waals surface area contributed by atoms with Crippen LogP contribution in [-0.2, 0) is 20.8 Å². The molecule has 7 nitrogen and oxygen atoms in total. The fourth-order valence-electron chi connectivity index (χ4n) is 4.00. The molecule has 34 heavy (non-hydrogen) atoms. The third kappa shape index (κ3) is 5.25. The average Bonchev–Trinajstić information content (AvgIpc) is 2.82. The Balaban J connectivity index is 1.97. The Bertz CT molecular complexity index is 1060. The Labute approximate surface area is 197 Å². The summed E-state index contributed by atoms with van der Waals surface area (Å²) in [5.74, 6) is -3.60. The Morgan fingerprint density at radius 3 is 2.26 bits per heavy atom. The predicted octanol–water partition coefficient (Wildman–Crippen LogP) is 2.78. The maximum atomic E-state index is 14.2. The number of rotatable bonds is 7. The van der Waals surface area contributed by atoms with Crippen LogP contribution < -0.4 is 16.0 Å². The maximum absolute atomic E-state index is 14.2. The average molecular weight is 473 g/mol. The molecule has 3 amide bonds. The van der Waals surface area contributed by atoms with Crippen LogP contribution >= 0.6 is 0 Å². The number of halogens is 2. The molecule has 0 aromatic heterocycles. The zero-order valence-electron chi connectivity index (χ0n) is 19.7. The first-order valence-electron chi connectivity index (χ1n) is 11.3. The molecule has 182 valence electrons. The van der Waals surface area contributed by atoms with Gasteiger partial charge < -0.3 is 20.9 Å². The van der Waals surface area contributed by atoms with E-state index < -0.39 is 47.3 Å². The molecule has 1 unspecified atom stereocenters. The van der Waals surface area contributed by atoms with Crippen molar-refractivity contribution in [2.75, 3.05) is 18.9 Å². The minimum absolute atomic E-state index is 0.217. The number of nitrogens with zero attached hydrogens (tertiary/aromatic N) is 1. The van der Waals surface area contributed by atoms with Crippen molar-refractivity contribution < 1.29 is 23.2 Å². The molecule has 1 heterocycles. The number of nitrogens with one attached hydrogen (secondary N) is 3. The summed E-state index contributed by atoms with van der Waals surface area (Å²) < 4.78 is 28.5. The molecule has 0 spiro atoms. The van der Waals surface area contributed by atoms with Crippen LogP contribution in [0.2, 0.25) is 0 Å². The second-order valence-electron chi connectivity index (χ2n) is 8.71. The lowest BCUT2D eigenvalue weighted by atomic mass is 9.90. The van der Waals surface area contributed by atoms with Crippen molar-refractivity contribution in [3.8, 4) is 0 Å². The van der Waals surface area contributed by atoms with Gasteiger partial charge in [-0.1, -0.05) is 44.2 Å². The quantitative estimate of drug-likeness (QED) is 0.578. The normalized spacial score (nSPS) is 17.0. The van der Waals surface area contributed by atoms with Gasteiger partial charge in [0.15, 0.2) is 0 Å². The highest BCUT2D eigenvalue weighted by Crippen LogP contribution is 2.32. The van der Waals surface area contributed by atoms with Gasteiger partial charge in [-0.3, -0.25) is 14.4 Å². The molecule has 3 N–H and O–H groups in total. The number of benzene rings is 2. The highest BCUT2D eigenvalue weighted by atomic mass is 19.1. The fraction of sp³-hybridized carbons (Fsp3) is 0.400. The lowest BCUT2D eigenvalue weighted by Crippen LogP contribution is -2.57. The fourth-order valence-corrected chi connectivity index (χ4v) is 4.00. The first kappa shape index (κ1) is 25.3. The van der Waals surface area contributed by atoms with Gasteiger partial charge in [0.25, 0.3) is 5.91 Å². The Morgan fingerprint density at radius 2 is 1.65 bits per heavy atom. The van der Waals surface area contributed by atoms with Crippen LogP contribution in [0.3, 0.4) is 0 Å². The Hall–Kier alpha value is -3.33. The summed E-state index contributed by atoms with van der Waals surface area (Å²) in [5, 5.41) is 7.93. The van der Waals surface area contributed by atoms with Gasteiger partial charge in [0.05, 0.1) is 6.04 Å². The van der Waals surface area contributed by atoms with Gasteiger partial charge in [0.1, 0.15) is 29.4 Å². The topological polar surface area (TPSA) is 90.5 Å².